The topological polar surface area (TPSA) is 3.24 Å². The zero-order valence-corrected chi connectivity index (χ0v) is 6.48. The molecular weight excluding hydrogens is 110 g/mol. The maximum Gasteiger partial charge on any atom is 0.00377 e. The normalized spacial score (nSPS) is 21.7. The van der Waals surface area contributed by atoms with E-state index in [1.807, 2.05) is 0 Å². The number of hydrogen-bond acceptors (Lipinski definition) is 1. The molecule has 1 heteroatoms. The third kappa shape index (κ3) is 2.35. The molecule has 0 aromatic rings. The lowest BCUT2D eigenvalue weighted by molar-refractivity contribution is 0.414. The van der Waals surface area contributed by atoms with Gasteiger partial charge in [0.15, 0.2) is 0 Å². The largest absolute Gasteiger partial charge is 0.309 e. The van der Waals surface area contributed by atoms with Gasteiger partial charge in [-0.3, -0.25) is 0 Å². The van der Waals surface area contributed by atoms with Crippen LogP contribution in [0.15, 0.2) is 0 Å². The van der Waals surface area contributed by atoms with E-state index in [-0.39, 0.29) is 0 Å². The summed E-state index contributed by atoms with van der Waals surface area (Å²) in [5.74, 6) is 1.75. The van der Waals surface area contributed by atoms with Crippen molar-refractivity contribution in [2.24, 2.45) is 0 Å². The Labute approximate surface area is 58.0 Å². The zero-order chi connectivity index (χ0) is 6.69. The quantitative estimate of drug-likeness (QED) is 0.544. The van der Waals surface area contributed by atoms with Crippen LogP contribution in [0.2, 0.25) is 0 Å². The van der Waals surface area contributed by atoms with Gasteiger partial charge in [0.25, 0.3) is 0 Å². The minimum Gasteiger partial charge on any atom is -0.309 e. The monoisotopic (exact) mass is 126 g/mol. The predicted molar refractivity (Wildman–Crippen MR) is 40.3 cm³/mol. The molecule has 1 fully saturated rings. The van der Waals surface area contributed by atoms with Crippen molar-refractivity contribution in [2.75, 3.05) is 20.6 Å². The summed E-state index contributed by atoms with van der Waals surface area (Å²) in [6.45, 7) is 1.22. The van der Waals surface area contributed by atoms with Crippen LogP contribution in [0.4, 0.5) is 0 Å². The van der Waals surface area contributed by atoms with Crippen molar-refractivity contribution in [1.82, 2.24) is 4.90 Å². The molecule has 1 radical (unpaired) electrons. The van der Waals surface area contributed by atoms with Crippen LogP contribution in [-0.4, -0.2) is 25.5 Å². The van der Waals surface area contributed by atoms with E-state index in [9.17, 15) is 0 Å². The lowest BCUT2D eigenvalue weighted by atomic mass is 10.1. The van der Waals surface area contributed by atoms with Gasteiger partial charge in [-0.1, -0.05) is 12.8 Å². The van der Waals surface area contributed by atoms with Gasteiger partial charge in [-0.15, -0.1) is 0 Å². The molecule has 0 amide bonds. The van der Waals surface area contributed by atoms with Gasteiger partial charge in [-0.05, 0) is 32.9 Å². The van der Waals surface area contributed by atoms with Crippen LogP contribution in [0.5, 0.6) is 0 Å². The van der Waals surface area contributed by atoms with Crippen LogP contribution in [0.1, 0.15) is 25.7 Å². The first-order valence-electron chi connectivity index (χ1n) is 3.77. The van der Waals surface area contributed by atoms with E-state index in [1.54, 1.807) is 5.92 Å². The molecule has 0 unspecified atom stereocenters. The summed E-state index contributed by atoms with van der Waals surface area (Å²) in [5, 5.41) is 0. The molecule has 1 saturated carbocycles. The van der Waals surface area contributed by atoms with E-state index >= 15 is 0 Å². The summed E-state index contributed by atoms with van der Waals surface area (Å²) >= 11 is 0. The Morgan fingerprint density at radius 1 is 1.22 bits per heavy atom. The van der Waals surface area contributed by atoms with Gasteiger partial charge < -0.3 is 4.90 Å². The van der Waals surface area contributed by atoms with E-state index < -0.39 is 0 Å². The highest BCUT2D eigenvalue weighted by Gasteiger charge is 2.15. The van der Waals surface area contributed by atoms with Gasteiger partial charge in [0.05, 0.1) is 0 Å². The van der Waals surface area contributed by atoms with Gasteiger partial charge in [-0.25, -0.2) is 0 Å². The fourth-order valence-electron chi connectivity index (χ4n) is 1.48. The SMILES string of the molecule is CN(C)C[C]1CCCC1. The Hall–Kier alpha value is -0.0400. The van der Waals surface area contributed by atoms with Crippen molar-refractivity contribution < 1.29 is 0 Å². The minimum atomic E-state index is 1.22. The Morgan fingerprint density at radius 2 is 1.78 bits per heavy atom. The van der Waals surface area contributed by atoms with Gasteiger partial charge in [0.2, 0.25) is 0 Å². The molecular formula is C8H16N. The lowest BCUT2D eigenvalue weighted by Gasteiger charge is -2.13. The third-order valence-electron chi connectivity index (χ3n) is 1.85. The van der Waals surface area contributed by atoms with E-state index in [4.69, 9.17) is 0 Å². The summed E-state index contributed by atoms with van der Waals surface area (Å²) in [5.41, 5.74) is 0. The molecule has 0 heterocycles. The highest BCUT2D eigenvalue weighted by molar-refractivity contribution is 4.96. The van der Waals surface area contributed by atoms with Crippen molar-refractivity contribution in [3.05, 3.63) is 5.92 Å². The van der Waals surface area contributed by atoms with Crippen molar-refractivity contribution in [2.45, 2.75) is 25.7 Å². The molecule has 9 heavy (non-hydrogen) atoms. The van der Waals surface area contributed by atoms with Gasteiger partial charge >= 0.3 is 0 Å². The van der Waals surface area contributed by atoms with Gasteiger partial charge in [-0.2, -0.15) is 0 Å². The number of rotatable bonds is 2. The molecule has 0 aromatic carbocycles. The molecule has 53 valence electrons. The summed E-state index contributed by atoms with van der Waals surface area (Å²) < 4.78 is 0. The highest BCUT2D eigenvalue weighted by Crippen LogP contribution is 2.26. The van der Waals surface area contributed by atoms with Crippen LogP contribution in [0.3, 0.4) is 0 Å². The van der Waals surface area contributed by atoms with Crippen molar-refractivity contribution in [3.63, 3.8) is 0 Å². The molecule has 1 rings (SSSR count). The van der Waals surface area contributed by atoms with Crippen LogP contribution in [0, 0.1) is 5.92 Å². The Bertz CT molecular complexity index is 72.6. The fourth-order valence-corrected chi connectivity index (χ4v) is 1.48. The zero-order valence-electron chi connectivity index (χ0n) is 6.48. The van der Waals surface area contributed by atoms with Crippen LogP contribution in [0.25, 0.3) is 0 Å². The second-order valence-corrected chi connectivity index (χ2v) is 3.19. The Kier molecular flexibility index (Phi) is 2.52. The van der Waals surface area contributed by atoms with Crippen molar-refractivity contribution in [3.8, 4) is 0 Å². The number of nitrogens with zero attached hydrogens (tertiary/aromatic N) is 1. The van der Waals surface area contributed by atoms with Crippen LogP contribution < -0.4 is 0 Å². The second-order valence-electron chi connectivity index (χ2n) is 3.19. The maximum absolute atomic E-state index is 2.26. The average molecular weight is 126 g/mol. The first-order valence-corrected chi connectivity index (χ1v) is 3.77. The smallest absolute Gasteiger partial charge is 0.00377 e. The minimum absolute atomic E-state index is 1.22. The van der Waals surface area contributed by atoms with E-state index in [0.29, 0.717) is 0 Å². The summed E-state index contributed by atoms with van der Waals surface area (Å²) in [7, 11) is 4.29. The molecule has 0 bridgehead atoms. The molecule has 0 saturated heterocycles. The van der Waals surface area contributed by atoms with Crippen LogP contribution in [-0.2, 0) is 0 Å². The fraction of sp³-hybridized carbons (Fsp3) is 0.875. The number of hydrogen-bond donors (Lipinski definition) is 0. The molecule has 0 N–H and O–H groups in total. The third-order valence-corrected chi connectivity index (χ3v) is 1.85. The van der Waals surface area contributed by atoms with Gasteiger partial charge in [0.1, 0.15) is 0 Å². The molecule has 1 aliphatic carbocycles. The van der Waals surface area contributed by atoms with E-state index in [1.165, 1.54) is 32.2 Å². The van der Waals surface area contributed by atoms with E-state index in [2.05, 4.69) is 19.0 Å². The summed E-state index contributed by atoms with van der Waals surface area (Å²) in [6, 6.07) is 0. The first kappa shape index (κ1) is 7.07. The first-order chi connectivity index (χ1) is 4.29. The lowest BCUT2D eigenvalue weighted by Crippen LogP contribution is -2.18. The molecule has 0 atom stereocenters. The molecule has 1 nitrogen and oxygen atoms in total. The molecule has 0 spiro atoms. The van der Waals surface area contributed by atoms with E-state index in [0.717, 1.165) is 0 Å². The highest BCUT2D eigenvalue weighted by atomic mass is 15.1. The molecule has 0 aliphatic heterocycles. The molecule has 1 aliphatic rings. The predicted octanol–water partition coefficient (Wildman–Crippen LogP) is 1.70. The van der Waals surface area contributed by atoms with Gasteiger partial charge in [0, 0.05) is 6.54 Å². The van der Waals surface area contributed by atoms with Crippen molar-refractivity contribution in [1.29, 1.82) is 0 Å². The average Bonchev–Trinajstić information content (AvgIpc) is 2.15. The standard InChI is InChI=1S/C8H16N/c1-9(2)7-8-5-3-4-6-8/h3-7H2,1-2H3. The Balaban J connectivity index is 2.11. The summed E-state index contributed by atoms with van der Waals surface area (Å²) in [6.07, 6.45) is 5.64. The summed E-state index contributed by atoms with van der Waals surface area (Å²) in [4.78, 5) is 2.26. The second kappa shape index (κ2) is 3.21. The molecule has 0 aromatic heterocycles. The van der Waals surface area contributed by atoms with Crippen molar-refractivity contribution >= 4 is 0 Å². The van der Waals surface area contributed by atoms with Crippen LogP contribution >= 0.6 is 0 Å². The Morgan fingerprint density at radius 3 is 2.22 bits per heavy atom. The maximum atomic E-state index is 2.26.